The molecule has 156 valence electrons. The van der Waals surface area contributed by atoms with Crippen molar-refractivity contribution in [3.05, 3.63) is 58.2 Å². The van der Waals surface area contributed by atoms with E-state index in [1.807, 2.05) is 64.1 Å². The van der Waals surface area contributed by atoms with Crippen LogP contribution < -0.4 is 4.74 Å². The van der Waals surface area contributed by atoms with Gasteiger partial charge in [-0.05, 0) is 45.9 Å². The van der Waals surface area contributed by atoms with Crippen LogP contribution in [-0.4, -0.2) is 28.3 Å². The van der Waals surface area contributed by atoms with E-state index in [1.54, 1.807) is 0 Å². The van der Waals surface area contributed by atoms with Crippen molar-refractivity contribution in [3.8, 4) is 16.9 Å². The highest BCUT2D eigenvalue weighted by molar-refractivity contribution is 6.35. The zero-order valence-electron chi connectivity index (χ0n) is 17.5. The maximum absolute atomic E-state index is 12.3. The first kappa shape index (κ1) is 20.6. The van der Waals surface area contributed by atoms with E-state index in [0.29, 0.717) is 22.9 Å². The number of ether oxygens (including phenoxy) is 2. The number of hydrogen-bond acceptors (Lipinski definition) is 4. The number of rotatable bonds is 4. The predicted octanol–water partition coefficient (Wildman–Crippen LogP) is 5.74. The van der Waals surface area contributed by atoms with Crippen LogP contribution in [0.25, 0.3) is 22.0 Å². The highest BCUT2D eigenvalue weighted by atomic mass is 35.5. The molecule has 2 aromatic carbocycles. The standard InChI is InChI=1S/C24H24ClNO4/c1-13-19(22(23(27)28)30-24(2,3)4)20(14-7-5-6-8-17(14)26-13)16-9-10-18-15(21(16)25)11-12-29-18/h5-10,22H,11-12H2,1-4H3,(H,27,28)/t22-/m0/s1. The Balaban J connectivity index is 2.07. The summed E-state index contributed by atoms with van der Waals surface area (Å²) in [5.41, 5.74) is 3.71. The first-order chi connectivity index (χ1) is 14.2. The normalized spacial score (nSPS) is 14.4. The fourth-order valence-electron chi connectivity index (χ4n) is 3.97. The first-order valence-electron chi connectivity index (χ1n) is 9.92. The number of fused-ring (bicyclic) bond motifs is 2. The van der Waals surface area contributed by atoms with E-state index in [2.05, 4.69) is 4.98 Å². The predicted molar refractivity (Wildman–Crippen MR) is 117 cm³/mol. The van der Waals surface area contributed by atoms with Gasteiger partial charge in [0.05, 0.1) is 22.7 Å². The Morgan fingerprint density at radius 1 is 1.23 bits per heavy atom. The number of hydrogen-bond donors (Lipinski definition) is 1. The molecule has 0 amide bonds. The molecule has 0 saturated heterocycles. The lowest BCUT2D eigenvalue weighted by Gasteiger charge is -2.28. The lowest BCUT2D eigenvalue weighted by atomic mass is 9.90. The molecule has 5 nitrogen and oxygen atoms in total. The smallest absolute Gasteiger partial charge is 0.337 e. The Morgan fingerprint density at radius 3 is 2.67 bits per heavy atom. The van der Waals surface area contributed by atoms with Crippen molar-refractivity contribution in [2.75, 3.05) is 6.61 Å². The molecule has 3 aromatic rings. The number of nitrogens with zero attached hydrogens (tertiary/aromatic N) is 1. The lowest BCUT2D eigenvalue weighted by Crippen LogP contribution is -2.28. The first-order valence-corrected chi connectivity index (χ1v) is 10.3. The summed E-state index contributed by atoms with van der Waals surface area (Å²) in [6, 6.07) is 11.5. The third-order valence-corrected chi connectivity index (χ3v) is 5.59. The van der Waals surface area contributed by atoms with Crippen molar-refractivity contribution in [1.29, 1.82) is 0 Å². The van der Waals surface area contributed by atoms with Gasteiger partial charge in [-0.1, -0.05) is 29.8 Å². The Morgan fingerprint density at radius 2 is 1.97 bits per heavy atom. The molecule has 1 aromatic heterocycles. The second-order valence-corrected chi connectivity index (χ2v) is 8.83. The highest BCUT2D eigenvalue weighted by Crippen LogP contribution is 2.45. The molecule has 1 aliphatic heterocycles. The molecule has 1 aliphatic rings. The van der Waals surface area contributed by atoms with Crippen molar-refractivity contribution in [3.63, 3.8) is 0 Å². The number of carboxylic acids is 1. The van der Waals surface area contributed by atoms with Crippen LogP contribution in [0.1, 0.15) is 43.7 Å². The molecule has 1 atom stereocenters. The van der Waals surface area contributed by atoms with Crippen LogP contribution in [0.3, 0.4) is 0 Å². The van der Waals surface area contributed by atoms with Crippen molar-refractivity contribution < 1.29 is 19.4 Å². The number of para-hydroxylation sites is 1. The minimum Gasteiger partial charge on any atom is -0.493 e. The largest absolute Gasteiger partial charge is 0.493 e. The molecular formula is C24H24ClNO4. The molecular weight excluding hydrogens is 402 g/mol. The summed E-state index contributed by atoms with van der Waals surface area (Å²) in [5, 5.41) is 11.5. The number of aryl methyl sites for hydroxylation is 1. The fraction of sp³-hybridized carbons (Fsp3) is 0.333. The molecule has 0 aliphatic carbocycles. The Hall–Kier alpha value is -2.63. The second kappa shape index (κ2) is 7.56. The molecule has 0 saturated carbocycles. The quantitative estimate of drug-likeness (QED) is 0.577. The average molecular weight is 426 g/mol. The van der Waals surface area contributed by atoms with Crippen molar-refractivity contribution >= 4 is 28.5 Å². The monoisotopic (exact) mass is 425 g/mol. The molecule has 0 fully saturated rings. The van der Waals surface area contributed by atoms with Crippen LogP contribution in [0.4, 0.5) is 0 Å². The van der Waals surface area contributed by atoms with E-state index >= 15 is 0 Å². The zero-order chi connectivity index (χ0) is 21.6. The topological polar surface area (TPSA) is 68.7 Å². The molecule has 1 N–H and O–H groups in total. The van der Waals surface area contributed by atoms with Crippen LogP contribution >= 0.6 is 11.6 Å². The van der Waals surface area contributed by atoms with Gasteiger partial charge in [0.2, 0.25) is 0 Å². The molecule has 4 rings (SSSR count). The Bertz CT molecular complexity index is 1150. The minimum atomic E-state index is -1.18. The fourth-order valence-corrected chi connectivity index (χ4v) is 4.32. The van der Waals surface area contributed by atoms with Crippen molar-refractivity contribution in [2.45, 2.75) is 45.8 Å². The number of pyridine rings is 1. The number of aliphatic carboxylic acids is 1. The minimum absolute atomic E-state index is 0.525. The molecule has 6 heteroatoms. The van der Waals surface area contributed by atoms with Crippen LogP contribution in [-0.2, 0) is 16.0 Å². The van der Waals surface area contributed by atoms with Crippen LogP contribution in [0.5, 0.6) is 5.75 Å². The van der Waals surface area contributed by atoms with Gasteiger partial charge in [-0.2, -0.15) is 0 Å². The maximum atomic E-state index is 12.3. The lowest BCUT2D eigenvalue weighted by molar-refractivity contribution is -0.160. The molecule has 30 heavy (non-hydrogen) atoms. The van der Waals surface area contributed by atoms with Gasteiger partial charge in [-0.3, -0.25) is 4.98 Å². The summed E-state index contributed by atoms with van der Waals surface area (Å²) in [4.78, 5) is 17.0. The van der Waals surface area contributed by atoms with E-state index in [9.17, 15) is 9.90 Å². The molecule has 0 unspecified atom stereocenters. The van der Waals surface area contributed by atoms with E-state index < -0.39 is 17.7 Å². The highest BCUT2D eigenvalue weighted by Gasteiger charge is 2.33. The second-order valence-electron chi connectivity index (χ2n) is 8.45. The third kappa shape index (κ3) is 3.64. The number of carbonyl (C=O) groups is 1. The number of carboxylic acid groups (broad SMARTS) is 1. The van der Waals surface area contributed by atoms with Gasteiger partial charge in [0, 0.05) is 39.8 Å². The van der Waals surface area contributed by atoms with Gasteiger partial charge in [-0.25, -0.2) is 4.79 Å². The van der Waals surface area contributed by atoms with Crippen molar-refractivity contribution in [2.24, 2.45) is 0 Å². The van der Waals surface area contributed by atoms with Gasteiger partial charge < -0.3 is 14.6 Å². The summed E-state index contributed by atoms with van der Waals surface area (Å²) in [6.07, 6.45) is -0.460. The van der Waals surface area contributed by atoms with Crippen molar-refractivity contribution in [1.82, 2.24) is 4.98 Å². The van der Waals surface area contributed by atoms with E-state index in [0.717, 1.165) is 39.8 Å². The summed E-state index contributed by atoms with van der Waals surface area (Å²) in [6.45, 7) is 7.92. The third-order valence-electron chi connectivity index (χ3n) is 5.16. The molecule has 0 spiro atoms. The zero-order valence-corrected chi connectivity index (χ0v) is 18.2. The average Bonchev–Trinajstić information content (AvgIpc) is 3.15. The van der Waals surface area contributed by atoms with Gasteiger partial charge >= 0.3 is 5.97 Å². The van der Waals surface area contributed by atoms with Crippen LogP contribution in [0.2, 0.25) is 5.02 Å². The molecule has 0 bridgehead atoms. The van der Waals surface area contributed by atoms with Gasteiger partial charge in [0.25, 0.3) is 0 Å². The maximum Gasteiger partial charge on any atom is 0.337 e. The number of aromatic nitrogens is 1. The van der Waals surface area contributed by atoms with Crippen LogP contribution in [0.15, 0.2) is 36.4 Å². The summed E-state index contributed by atoms with van der Waals surface area (Å²) in [7, 11) is 0. The SMILES string of the molecule is Cc1nc2ccccc2c(-c2ccc3c(c2Cl)CCO3)c1[C@H](OC(C)(C)C)C(=O)O. The molecule has 0 radical (unpaired) electrons. The van der Waals surface area contributed by atoms with Crippen LogP contribution in [0, 0.1) is 6.92 Å². The van der Waals surface area contributed by atoms with E-state index in [1.165, 1.54) is 0 Å². The molecule has 2 heterocycles. The van der Waals surface area contributed by atoms with E-state index in [-0.39, 0.29) is 0 Å². The van der Waals surface area contributed by atoms with Gasteiger partial charge in [0.1, 0.15) is 5.75 Å². The summed E-state index contributed by atoms with van der Waals surface area (Å²) < 4.78 is 11.6. The number of halogens is 1. The van der Waals surface area contributed by atoms with E-state index in [4.69, 9.17) is 21.1 Å². The van der Waals surface area contributed by atoms with Gasteiger partial charge in [-0.15, -0.1) is 0 Å². The summed E-state index contributed by atoms with van der Waals surface area (Å²) >= 11 is 6.84. The Labute approximate surface area is 180 Å². The summed E-state index contributed by atoms with van der Waals surface area (Å²) in [5.74, 6) is -0.284. The number of benzene rings is 2. The van der Waals surface area contributed by atoms with Gasteiger partial charge in [0.15, 0.2) is 6.10 Å². The Kier molecular flexibility index (Phi) is 5.20.